The zero-order valence-electron chi connectivity index (χ0n) is 12.2. The van der Waals surface area contributed by atoms with Gasteiger partial charge in [-0.25, -0.2) is 0 Å². The largest absolute Gasteiger partial charge is 0.192 e. The smallest absolute Gasteiger partial charge is 0.100 e. The quantitative estimate of drug-likeness (QED) is 0.624. The van der Waals surface area contributed by atoms with Crippen LogP contribution >= 0.6 is 0 Å². The number of nitriles is 1. The van der Waals surface area contributed by atoms with Crippen molar-refractivity contribution in [1.82, 2.24) is 0 Å². The SMILES string of the molecule is C#Cc1cc(C(C)(C)C)c(C(C)(C)C)cc1C#N. The molecule has 1 rings (SSSR count). The molecule has 94 valence electrons. The van der Waals surface area contributed by atoms with E-state index in [0.717, 1.165) is 0 Å². The zero-order valence-corrected chi connectivity index (χ0v) is 12.2. The first-order valence-electron chi connectivity index (χ1n) is 6.17. The second-order valence-corrected chi connectivity index (χ2v) is 6.70. The summed E-state index contributed by atoms with van der Waals surface area (Å²) in [5.74, 6) is 2.62. The Hall–Kier alpha value is -1.73. The average molecular weight is 239 g/mol. The first-order chi connectivity index (χ1) is 8.11. The Balaban J connectivity index is 3.71. The van der Waals surface area contributed by atoms with Crippen LogP contribution in [0.3, 0.4) is 0 Å². The molecule has 1 aromatic rings. The molecule has 0 radical (unpaired) electrons. The summed E-state index contributed by atoms with van der Waals surface area (Å²) >= 11 is 0. The molecule has 0 aliphatic heterocycles. The molecule has 0 unspecified atom stereocenters. The van der Waals surface area contributed by atoms with Gasteiger partial charge in [-0.05, 0) is 34.1 Å². The molecule has 0 N–H and O–H groups in total. The highest BCUT2D eigenvalue weighted by Gasteiger charge is 2.26. The second-order valence-electron chi connectivity index (χ2n) is 6.70. The number of hydrogen-bond acceptors (Lipinski definition) is 1. The third kappa shape index (κ3) is 2.74. The first kappa shape index (κ1) is 14.3. The van der Waals surface area contributed by atoms with E-state index in [4.69, 9.17) is 6.42 Å². The van der Waals surface area contributed by atoms with Crippen molar-refractivity contribution < 1.29 is 0 Å². The summed E-state index contributed by atoms with van der Waals surface area (Å²) < 4.78 is 0. The molecule has 0 saturated heterocycles. The maximum Gasteiger partial charge on any atom is 0.100 e. The minimum atomic E-state index is 0.00133. The van der Waals surface area contributed by atoms with E-state index in [-0.39, 0.29) is 10.8 Å². The van der Waals surface area contributed by atoms with Crippen LogP contribution in [0.5, 0.6) is 0 Å². The minimum Gasteiger partial charge on any atom is -0.192 e. The Kier molecular flexibility index (Phi) is 3.59. The highest BCUT2D eigenvalue weighted by Crippen LogP contribution is 2.35. The topological polar surface area (TPSA) is 23.8 Å². The van der Waals surface area contributed by atoms with Crippen molar-refractivity contribution in [3.8, 4) is 18.4 Å². The summed E-state index contributed by atoms with van der Waals surface area (Å²) in [6.07, 6.45) is 5.50. The minimum absolute atomic E-state index is 0.00133. The van der Waals surface area contributed by atoms with Crippen molar-refractivity contribution >= 4 is 0 Å². The van der Waals surface area contributed by atoms with Gasteiger partial charge in [0.25, 0.3) is 0 Å². The van der Waals surface area contributed by atoms with Gasteiger partial charge in [-0.1, -0.05) is 47.5 Å². The molecule has 0 atom stereocenters. The summed E-state index contributed by atoms with van der Waals surface area (Å²) in [4.78, 5) is 0. The molecule has 1 nitrogen and oxygen atoms in total. The molecule has 0 aliphatic carbocycles. The molecule has 0 saturated carbocycles. The first-order valence-corrected chi connectivity index (χ1v) is 6.17. The van der Waals surface area contributed by atoms with Gasteiger partial charge in [0.2, 0.25) is 0 Å². The molecule has 1 heteroatoms. The van der Waals surface area contributed by atoms with Crippen LogP contribution in [-0.2, 0) is 10.8 Å². The molecule has 0 bridgehead atoms. The van der Waals surface area contributed by atoms with E-state index in [0.29, 0.717) is 11.1 Å². The number of nitrogens with zero attached hydrogens (tertiary/aromatic N) is 1. The number of benzene rings is 1. The van der Waals surface area contributed by atoms with Crippen LogP contribution in [-0.4, -0.2) is 0 Å². The monoisotopic (exact) mass is 239 g/mol. The van der Waals surface area contributed by atoms with Crippen LogP contribution in [0.1, 0.15) is 63.8 Å². The van der Waals surface area contributed by atoms with E-state index in [1.54, 1.807) is 0 Å². The maximum absolute atomic E-state index is 9.19. The Morgan fingerprint density at radius 3 is 1.56 bits per heavy atom. The van der Waals surface area contributed by atoms with Crippen molar-refractivity contribution in [2.75, 3.05) is 0 Å². The van der Waals surface area contributed by atoms with E-state index >= 15 is 0 Å². The Morgan fingerprint density at radius 1 is 0.889 bits per heavy atom. The average Bonchev–Trinajstić information content (AvgIpc) is 2.24. The fourth-order valence-corrected chi connectivity index (χ4v) is 2.05. The highest BCUT2D eigenvalue weighted by atomic mass is 14.3. The highest BCUT2D eigenvalue weighted by molar-refractivity contribution is 5.54. The third-order valence-electron chi connectivity index (χ3n) is 3.05. The van der Waals surface area contributed by atoms with Crippen molar-refractivity contribution in [2.24, 2.45) is 0 Å². The van der Waals surface area contributed by atoms with E-state index < -0.39 is 0 Å². The van der Waals surface area contributed by atoms with Crippen LogP contribution in [0.25, 0.3) is 0 Å². The molecule has 18 heavy (non-hydrogen) atoms. The predicted molar refractivity (Wildman–Crippen MR) is 76.5 cm³/mol. The van der Waals surface area contributed by atoms with Crippen LogP contribution in [0.2, 0.25) is 0 Å². The Morgan fingerprint density at radius 2 is 1.28 bits per heavy atom. The van der Waals surface area contributed by atoms with Crippen molar-refractivity contribution in [3.63, 3.8) is 0 Å². The molecule has 0 amide bonds. The standard InChI is InChI=1S/C17H21N/c1-8-12-9-14(16(2,3)4)15(17(5,6)7)10-13(12)11-18/h1,9-10H,2-7H3. The van der Waals surface area contributed by atoms with Gasteiger partial charge in [-0.2, -0.15) is 5.26 Å². The maximum atomic E-state index is 9.19. The fourth-order valence-electron chi connectivity index (χ4n) is 2.05. The molecular weight excluding hydrogens is 218 g/mol. The molecule has 0 aliphatic rings. The van der Waals surface area contributed by atoms with Crippen LogP contribution in [0, 0.1) is 23.7 Å². The van der Waals surface area contributed by atoms with Crippen molar-refractivity contribution in [1.29, 1.82) is 5.26 Å². The fraction of sp³-hybridized carbons (Fsp3) is 0.471. The van der Waals surface area contributed by atoms with E-state index in [2.05, 4.69) is 53.5 Å². The van der Waals surface area contributed by atoms with Gasteiger partial charge >= 0.3 is 0 Å². The normalized spacial score (nSPS) is 11.8. The third-order valence-corrected chi connectivity index (χ3v) is 3.05. The van der Waals surface area contributed by atoms with Gasteiger partial charge in [0.05, 0.1) is 5.56 Å². The number of hydrogen-bond donors (Lipinski definition) is 0. The molecule has 0 aromatic heterocycles. The molecule has 0 heterocycles. The molecular formula is C17H21N. The summed E-state index contributed by atoms with van der Waals surface area (Å²) in [5, 5.41) is 9.19. The van der Waals surface area contributed by atoms with E-state index in [1.807, 2.05) is 12.1 Å². The molecule has 1 aromatic carbocycles. The Labute approximate surface area is 111 Å². The second kappa shape index (κ2) is 4.51. The lowest BCUT2D eigenvalue weighted by Crippen LogP contribution is -2.22. The van der Waals surface area contributed by atoms with E-state index in [1.165, 1.54) is 11.1 Å². The Bertz CT molecular complexity index is 486. The van der Waals surface area contributed by atoms with Gasteiger partial charge in [0.1, 0.15) is 6.07 Å². The molecule has 0 fully saturated rings. The predicted octanol–water partition coefficient (Wildman–Crippen LogP) is 4.13. The lowest BCUT2D eigenvalue weighted by Gasteiger charge is -2.30. The van der Waals surface area contributed by atoms with Crippen LogP contribution in [0.15, 0.2) is 12.1 Å². The van der Waals surface area contributed by atoms with Gasteiger partial charge in [0, 0.05) is 5.56 Å². The summed E-state index contributed by atoms with van der Waals surface area (Å²) in [5.41, 5.74) is 3.72. The van der Waals surface area contributed by atoms with E-state index in [9.17, 15) is 5.26 Å². The number of terminal acetylenes is 1. The summed E-state index contributed by atoms with van der Waals surface area (Å²) in [7, 11) is 0. The van der Waals surface area contributed by atoms with Crippen LogP contribution in [0.4, 0.5) is 0 Å². The van der Waals surface area contributed by atoms with Crippen LogP contribution < -0.4 is 0 Å². The number of rotatable bonds is 0. The lowest BCUT2D eigenvalue weighted by atomic mass is 9.74. The molecule has 0 spiro atoms. The van der Waals surface area contributed by atoms with Gasteiger partial charge in [0.15, 0.2) is 0 Å². The van der Waals surface area contributed by atoms with Gasteiger partial charge in [-0.15, -0.1) is 6.42 Å². The zero-order chi connectivity index (χ0) is 14.1. The van der Waals surface area contributed by atoms with Gasteiger partial charge < -0.3 is 0 Å². The summed E-state index contributed by atoms with van der Waals surface area (Å²) in [6, 6.07) is 6.15. The summed E-state index contributed by atoms with van der Waals surface area (Å²) in [6.45, 7) is 13.0. The van der Waals surface area contributed by atoms with Crippen molar-refractivity contribution in [2.45, 2.75) is 52.4 Å². The van der Waals surface area contributed by atoms with Gasteiger partial charge in [-0.3, -0.25) is 0 Å². The van der Waals surface area contributed by atoms with Crippen molar-refractivity contribution in [3.05, 3.63) is 34.4 Å². The lowest BCUT2D eigenvalue weighted by molar-refractivity contribution is 0.530.